The third kappa shape index (κ3) is 5.82. The summed E-state index contributed by atoms with van der Waals surface area (Å²) >= 11 is 0. The van der Waals surface area contributed by atoms with Crippen LogP contribution >= 0.6 is 0 Å². The van der Waals surface area contributed by atoms with Crippen LogP contribution in [0.5, 0.6) is 0 Å². The molecule has 0 radical (unpaired) electrons. The van der Waals surface area contributed by atoms with E-state index in [4.69, 9.17) is 10.5 Å². The number of ketones is 1. The van der Waals surface area contributed by atoms with Gasteiger partial charge < -0.3 is 20.5 Å². The molecule has 0 aromatic heterocycles. The minimum atomic E-state index is -1.03. The van der Waals surface area contributed by atoms with Crippen LogP contribution in [0.4, 0.5) is 0 Å². The average molecular weight is 494 g/mol. The zero-order valence-electron chi connectivity index (χ0n) is 21.0. The standard InChI is InChI=1S/C27H35N5O4/c1-30-12-14-32(15-13-30)29-18-20-3-5-22(6-4-20)26(35)23-8-7-21-9-11-31(19-25(33)34)27(28,10-16-36-2)24(21)17-23/h3-8,17-18H,9-16,19,28H2,1-2H3,(H,33,34). The highest BCUT2D eigenvalue weighted by Gasteiger charge is 2.40. The molecule has 192 valence electrons. The molecule has 4 rings (SSSR count). The van der Waals surface area contributed by atoms with Gasteiger partial charge in [-0.25, -0.2) is 0 Å². The van der Waals surface area contributed by atoms with Crippen LogP contribution < -0.4 is 5.73 Å². The van der Waals surface area contributed by atoms with Crippen molar-refractivity contribution in [1.82, 2.24) is 14.8 Å². The summed E-state index contributed by atoms with van der Waals surface area (Å²) in [6.45, 7) is 4.53. The minimum Gasteiger partial charge on any atom is -0.480 e. The molecule has 2 aliphatic rings. The fraction of sp³-hybridized carbons (Fsp3) is 0.444. The number of carbonyl (C=O) groups excluding carboxylic acids is 1. The summed E-state index contributed by atoms with van der Waals surface area (Å²) in [6, 6.07) is 13.0. The first-order valence-electron chi connectivity index (χ1n) is 12.3. The fourth-order valence-electron chi connectivity index (χ4n) is 4.84. The average Bonchev–Trinajstić information content (AvgIpc) is 2.88. The van der Waals surface area contributed by atoms with E-state index in [1.165, 1.54) is 0 Å². The van der Waals surface area contributed by atoms with Gasteiger partial charge in [0, 0.05) is 64.0 Å². The van der Waals surface area contributed by atoms with Crippen LogP contribution in [0.2, 0.25) is 0 Å². The molecule has 9 nitrogen and oxygen atoms in total. The molecule has 2 aromatic carbocycles. The molecule has 2 aliphatic heterocycles. The second-order valence-electron chi connectivity index (χ2n) is 9.56. The molecule has 1 unspecified atom stereocenters. The molecule has 36 heavy (non-hydrogen) atoms. The van der Waals surface area contributed by atoms with Gasteiger partial charge in [-0.2, -0.15) is 5.10 Å². The zero-order valence-corrected chi connectivity index (χ0v) is 21.0. The third-order valence-electron chi connectivity index (χ3n) is 7.09. The van der Waals surface area contributed by atoms with Crippen LogP contribution in [-0.2, 0) is 21.6 Å². The van der Waals surface area contributed by atoms with Crippen molar-refractivity contribution in [3.8, 4) is 0 Å². The number of carboxylic acids is 1. The van der Waals surface area contributed by atoms with E-state index in [2.05, 4.69) is 22.1 Å². The third-order valence-corrected chi connectivity index (χ3v) is 7.09. The number of nitrogens with zero attached hydrogens (tertiary/aromatic N) is 4. The largest absolute Gasteiger partial charge is 0.480 e. The van der Waals surface area contributed by atoms with Crippen LogP contribution in [0.3, 0.4) is 0 Å². The Morgan fingerprint density at radius 1 is 1.08 bits per heavy atom. The molecule has 2 aromatic rings. The molecule has 3 N–H and O–H groups in total. The predicted octanol–water partition coefficient (Wildman–Crippen LogP) is 1.59. The lowest BCUT2D eigenvalue weighted by Crippen LogP contribution is -2.58. The predicted molar refractivity (Wildman–Crippen MR) is 138 cm³/mol. The second kappa shape index (κ2) is 11.3. The lowest BCUT2D eigenvalue weighted by Gasteiger charge is -2.45. The Kier molecular flexibility index (Phi) is 8.15. The van der Waals surface area contributed by atoms with E-state index in [1.54, 1.807) is 12.0 Å². The normalized spacial score (nSPS) is 21.0. The molecule has 0 amide bonds. The molecular weight excluding hydrogens is 458 g/mol. The molecule has 0 aliphatic carbocycles. The minimum absolute atomic E-state index is 0.107. The van der Waals surface area contributed by atoms with Crippen molar-refractivity contribution in [2.45, 2.75) is 18.5 Å². The topological polar surface area (TPSA) is 112 Å². The number of hydrogen-bond acceptors (Lipinski definition) is 8. The van der Waals surface area contributed by atoms with Crippen molar-refractivity contribution in [2.75, 3.05) is 60.0 Å². The van der Waals surface area contributed by atoms with Gasteiger partial charge in [-0.15, -0.1) is 0 Å². The van der Waals surface area contributed by atoms with Gasteiger partial charge in [0.25, 0.3) is 0 Å². The summed E-state index contributed by atoms with van der Waals surface area (Å²) in [6.07, 6.45) is 2.92. The van der Waals surface area contributed by atoms with Gasteiger partial charge >= 0.3 is 5.97 Å². The molecule has 1 atom stereocenters. The summed E-state index contributed by atoms with van der Waals surface area (Å²) in [5, 5.41) is 16.0. The summed E-state index contributed by atoms with van der Waals surface area (Å²) in [5.74, 6) is -1.04. The highest BCUT2D eigenvalue weighted by Crippen LogP contribution is 2.35. The first-order valence-corrected chi connectivity index (χ1v) is 12.3. The Morgan fingerprint density at radius 3 is 2.44 bits per heavy atom. The number of nitrogens with two attached hydrogens (primary N) is 1. The summed E-state index contributed by atoms with van der Waals surface area (Å²) < 4.78 is 5.26. The quantitative estimate of drug-likeness (QED) is 0.400. The van der Waals surface area contributed by atoms with Gasteiger partial charge in [0.15, 0.2) is 5.78 Å². The van der Waals surface area contributed by atoms with E-state index in [0.717, 1.165) is 42.9 Å². The zero-order chi connectivity index (χ0) is 25.7. The van der Waals surface area contributed by atoms with Crippen LogP contribution in [-0.4, -0.2) is 97.9 Å². The van der Waals surface area contributed by atoms with Crippen molar-refractivity contribution in [3.63, 3.8) is 0 Å². The number of aliphatic carboxylic acids is 1. The Bertz CT molecular complexity index is 1110. The molecule has 9 heteroatoms. The molecular formula is C27H35N5O4. The van der Waals surface area contributed by atoms with Gasteiger partial charge in [-0.3, -0.25) is 19.5 Å². The number of carbonyl (C=O) groups is 2. The first kappa shape index (κ1) is 26.0. The van der Waals surface area contributed by atoms with Gasteiger partial charge in [0.2, 0.25) is 0 Å². The number of ether oxygens (including phenoxy) is 1. The fourth-order valence-corrected chi connectivity index (χ4v) is 4.84. The monoisotopic (exact) mass is 493 g/mol. The van der Waals surface area contributed by atoms with Crippen LogP contribution in [0.1, 0.15) is 39.0 Å². The van der Waals surface area contributed by atoms with Gasteiger partial charge in [-0.05, 0) is 36.2 Å². The molecule has 0 spiro atoms. The van der Waals surface area contributed by atoms with Gasteiger partial charge in [0.1, 0.15) is 0 Å². The maximum absolute atomic E-state index is 13.3. The number of fused-ring (bicyclic) bond motifs is 1. The van der Waals surface area contributed by atoms with E-state index in [-0.39, 0.29) is 12.3 Å². The van der Waals surface area contributed by atoms with E-state index >= 15 is 0 Å². The summed E-state index contributed by atoms with van der Waals surface area (Å²) in [7, 11) is 3.70. The summed E-state index contributed by atoms with van der Waals surface area (Å²) in [5.41, 5.74) is 9.65. The van der Waals surface area contributed by atoms with Crippen molar-refractivity contribution in [3.05, 3.63) is 70.3 Å². The van der Waals surface area contributed by atoms with Crippen LogP contribution in [0, 0.1) is 0 Å². The molecule has 1 saturated heterocycles. The highest BCUT2D eigenvalue weighted by atomic mass is 16.5. The van der Waals surface area contributed by atoms with Crippen LogP contribution in [0.15, 0.2) is 47.6 Å². The van der Waals surface area contributed by atoms with E-state index < -0.39 is 11.6 Å². The number of hydrazone groups is 1. The van der Waals surface area contributed by atoms with E-state index in [0.29, 0.717) is 37.1 Å². The molecule has 2 heterocycles. The maximum atomic E-state index is 13.3. The lowest BCUT2D eigenvalue weighted by atomic mass is 9.83. The van der Waals surface area contributed by atoms with E-state index in [1.807, 2.05) is 48.7 Å². The second-order valence-corrected chi connectivity index (χ2v) is 9.56. The van der Waals surface area contributed by atoms with E-state index in [9.17, 15) is 14.7 Å². The Balaban J connectivity index is 1.53. The molecule has 1 fully saturated rings. The Labute approximate surface area is 212 Å². The molecule has 0 saturated carbocycles. The number of piperazine rings is 1. The lowest BCUT2D eigenvalue weighted by molar-refractivity contribution is -0.140. The van der Waals surface area contributed by atoms with Crippen LogP contribution in [0.25, 0.3) is 0 Å². The number of hydrogen-bond donors (Lipinski definition) is 2. The highest BCUT2D eigenvalue weighted by molar-refractivity contribution is 6.09. The van der Waals surface area contributed by atoms with Crippen molar-refractivity contribution >= 4 is 18.0 Å². The summed E-state index contributed by atoms with van der Waals surface area (Å²) in [4.78, 5) is 28.9. The van der Waals surface area contributed by atoms with Crippen molar-refractivity contribution in [1.29, 1.82) is 0 Å². The number of benzene rings is 2. The molecule has 0 bridgehead atoms. The Morgan fingerprint density at radius 2 is 1.78 bits per heavy atom. The smallest absolute Gasteiger partial charge is 0.317 e. The number of carboxylic acid groups (broad SMARTS) is 1. The number of rotatable bonds is 9. The van der Waals surface area contributed by atoms with Gasteiger partial charge in [0.05, 0.1) is 18.4 Å². The van der Waals surface area contributed by atoms with Crippen molar-refractivity contribution in [2.24, 2.45) is 10.8 Å². The first-order chi connectivity index (χ1) is 17.3. The SMILES string of the molecule is COCCC1(N)c2cc(C(=O)c3ccc(C=NN4CCN(C)CC4)cc3)ccc2CCN1CC(=O)O. The van der Waals surface area contributed by atoms with Gasteiger partial charge in [-0.1, -0.05) is 36.4 Å². The number of likely N-dealkylation sites (N-methyl/N-ethyl adjacent to an activating group) is 1. The van der Waals surface area contributed by atoms with Crippen molar-refractivity contribution < 1.29 is 19.4 Å². The maximum Gasteiger partial charge on any atom is 0.317 e. The Hall–Kier alpha value is -3.11. The number of methoxy groups -OCH3 is 1.